The monoisotopic (exact) mass is 256 g/mol. The van der Waals surface area contributed by atoms with Crippen LogP contribution in [0, 0.1) is 13.8 Å². The highest BCUT2D eigenvalue weighted by atomic mass is 15.2. The first-order chi connectivity index (χ1) is 9.13. The van der Waals surface area contributed by atoms with Gasteiger partial charge in [0.25, 0.3) is 0 Å². The molecule has 1 aromatic carbocycles. The molecule has 100 valence electrons. The summed E-state index contributed by atoms with van der Waals surface area (Å²) in [5.74, 6) is 6.25. The van der Waals surface area contributed by atoms with Gasteiger partial charge >= 0.3 is 0 Å². The number of aryl methyl sites for hydroxylation is 2. The van der Waals surface area contributed by atoms with Crippen LogP contribution < -0.4 is 17.0 Å². The molecule has 19 heavy (non-hydrogen) atoms. The summed E-state index contributed by atoms with van der Waals surface area (Å²) in [5.41, 5.74) is 13.4. The molecular formula is C15H20N4. The topological polar surface area (TPSA) is 77.0 Å². The molecule has 0 saturated carbocycles. The molecule has 0 aliphatic rings. The van der Waals surface area contributed by atoms with Crippen molar-refractivity contribution < 1.29 is 0 Å². The number of anilines is 1. The van der Waals surface area contributed by atoms with Gasteiger partial charge in [-0.2, -0.15) is 0 Å². The molecule has 0 radical (unpaired) electrons. The maximum absolute atomic E-state index is 5.98. The zero-order valence-electron chi connectivity index (χ0n) is 11.4. The largest absolute Gasteiger partial charge is 0.383 e. The van der Waals surface area contributed by atoms with Gasteiger partial charge in [-0.05, 0) is 43.0 Å². The third kappa shape index (κ3) is 2.92. The van der Waals surface area contributed by atoms with Gasteiger partial charge in [0.15, 0.2) is 0 Å². The molecule has 1 atom stereocenters. The standard InChI is InChI=1S/C15H20N4/c1-10-5-3-4-6-12(10)9-13(19-17)14-11(2)7-8-18-15(14)16/h3-8,13,19H,9,17H2,1-2H3,(H2,16,18). The van der Waals surface area contributed by atoms with Crippen LogP contribution in [-0.2, 0) is 6.42 Å². The van der Waals surface area contributed by atoms with Crippen LogP contribution in [0.2, 0.25) is 0 Å². The molecule has 0 amide bonds. The Morgan fingerprint density at radius 2 is 1.89 bits per heavy atom. The van der Waals surface area contributed by atoms with Crippen molar-refractivity contribution in [3.05, 3.63) is 58.8 Å². The highest BCUT2D eigenvalue weighted by Gasteiger charge is 2.17. The zero-order chi connectivity index (χ0) is 13.8. The van der Waals surface area contributed by atoms with Crippen molar-refractivity contribution >= 4 is 5.82 Å². The van der Waals surface area contributed by atoms with E-state index in [1.807, 2.05) is 25.1 Å². The van der Waals surface area contributed by atoms with E-state index >= 15 is 0 Å². The molecule has 0 aliphatic heterocycles. The first-order valence-electron chi connectivity index (χ1n) is 6.35. The third-order valence-corrected chi connectivity index (χ3v) is 3.47. The lowest BCUT2D eigenvalue weighted by Gasteiger charge is -2.20. The molecular weight excluding hydrogens is 236 g/mol. The van der Waals surface area contributed by atoms with E-state index in [9.17, 15) is 0 Å². The van der Waals surface area contributed by atoms with E-state index in [0.29, 0.717) is 5.82 Å². The second kappa shape index (κ2) is 5.82. The van der Waals surface area contributed by atoms with Crippen molar-refractivity contribution in [3.8, 4) is 0 Å². The number of benzene rings is 1. The molecule has 2 rings (SSSR count). The predicted octanol–water partition coefficient (Wildman–Crippen LogP) is 2.03. The van der Waals surface area contributed by atoms with Crippen LogP contribution in [0.4, 0.5) is 5.82 Å². The Labute approximate surface area is 113 Å². The molecule has 0 spiro atoms. The fourth-order valence-corrected chi connectivity index (χ4v) is 2.35. The number of rotatable bonds is 4. The van der Waals surface area contributed by atoms with E-state index in [1.165, 1.54) is 11.1 Å². The van der Waals surface area contributed by atoms with Gasteiger partial charge in [-0.3, -0.25) is 11.3 Å². The summed E-state index contributed by atoms with van der Waals surface area (Å²) in [4.78, 5) is 4.16. The minimum absolute atomic E-state index is 0.0326. The van der Waals surface area contributed by atoms with E-state index in [0.717, 1.165) is 17.5 Å². The number of hydrazine groups is 1. The second-order valence-corrected chi connectivity index (χ2v) is 4.78. The Bertz CT molecular complexity index is 546. The van der Waals surface area contributed by atoms with E-state index < -0.39 is 0 Å². The molecule has 1 unspecified atom stereocenters. The van der Waals surface area contributed by atoms with Gasteiger partial charge in [0, 0.05) is 11.8 Å². The van der Waals surface area contributed by atoms with Gasteiger partial charge in [0.05, 0.1) is 6.04 Å². The Morgan fingerprint density at radius 1 is 1.16 bits per heavy atom. The fourth-order valence-electron chi connectivity index (χ4n) is 2.35. The van der Waals surface area contributed by atoms with Gasteiger partial charge in [-0.15, -0.1) is 0 Å². The summed E-state index contributed by atoms with van der Waals surface area (Å²) in [7, 11) is 0. The smallest absolute Gasteiger partial charge is 0.128 e. The van der Waals surface area contributed by atoms with Crippen LogP contribution in [-0.4, -0.2) is 4.98 Å². The Morgan fingerprint density at radius 3 is 2.53 bits per heavy atom. The number of aromatic nitrogens is 1. The lowest BCUT2D eigenvalue weighted by atomic mass is 9.94. The first-order valence-corrected chi connectivity index (χ1v) is 6.35. The zero-order valence-corrected chi connectivity index (χ0v) is 11.4. The predicted molar refractivity (Wildman–Crippen MR) is 78.3 cm³/mol. The van der Waals surface area contributed by atoms with Crippen molar-refractivity contribution in [1.82, 2.24) is 10.4 Å². The Balaban J connectivity index is 2.34. The van der Waals surface area contributed by atoms with Crippen molar-refractivity contribution in [2.24, 2.45) is 5.84 Å². The Kier molecular flexibility index (Phi) is 4.14. The summed E-state index contributed by atoms with van der Waals surface area (Å²) in [5, 5.41) is 0. The molecule has 2 aromatic rings. The summed E-state index contributed by atoms with van der Waals surface area (Å²) in [6.07, 6.45) is 2.51. The normalized spacial score (nSPS) is 12.4. The highest BCUT2D eigenvalue weighted by molar-refractivity contribution is 5.47. The summed E-state index contributed by atoms with van der Waals surface area (Å²) in [6.45, 7) is 4.12. The van der Waals surface area contributed by atoms with Crippen molar-refractivity contribution in [2.45, 2.75) is 26.3 Å². The number of nitrogens with one attached hydrogen (secondary N) is 1. The van der Waals surface area contributed by atoms with Crippen LogP contribution in [0.5, 0.6) is 0 Å². The quantitative estimate of drug-likeness (QED) is 0.578. The lowest BCUT2D eigenvalue weighted by molar-refractivity contribution is 0.548. The van der Waals surface area contributed by atoms with Gasteiger partial charge < -0.3 is 5.73 Å². The number of nitrogens with two attached hydrogens (primary N) is 2. The number of pyridine rings is 1. The molecule has 1 aromatic heterocycles. The molecule has 4 heteroatoms. The summed E-state index contributed by atoms with van der Waals surface area (Å²) >= 11 is 0. The average molecular weight is 256 g/mol. The van der Waals surface area contributed by atoms with Crippen molar-refractivity contribution in [1.29, 1.82) is 0 Å². The number of hydrogen-bond donors (Lipinski definition) is 3. The number of nitrogens with zero attached hydrogens (tertiary/aromatic N) is 1. The molecule has 0 bridgehead atoms. The van der Waals surface area contributed by atoms with E-state index in [2.05, 4.69) is 29.5 Å². The van der Waals surface area contributed by atoms with Gasteiger partial charge in [0.2, 0.25) is 0 Å². The fraction of sp³-hybridized carbons (Fsp3) is 0.267. The molecule has 0 saturated heterocycles. The van der Waals surface area contributed by atoms with Crippen LogP contribution in [0.1, 0.15) is 28.3 Å². The maximum Gasteiger partial charge on any atom is 0.128 e. The second-order valence-electron chi connectivity index (χ2n) is 4.78. The van der Waals surface area contributed by atoms with Crippen LogP contribution in [0.3, 0.4) is 0 Å². The van der Waals surface area contributed by atoms with E-state index in [4.69, 9.17) is 11.6 Å². The van der Waals surface area contributed by atoms with E-state index in [1.54, 1.807) is 6.20 Å². The molecule has 5 N–H and O–H groups in total. The van der Waals surface area contributed by atoms with Crippen molar-refractivity contribution in [3.63, 3.8) is 0 Å². The first kappa shape index (κ1) is 13.5. The average Bonchev–Trinajstić information content (AvgIpc) is 2.39. The molecule has 1 heterocycles. The lowest BCUT2D eigenvalue weighted by Crippen LogP contribution is -2.31. The van der Waals surface area contributed by atoms with Crippen LogP contribution in [0.25, 0.3) is 0 Å². The van der Waals surface area contributed by atoms with Gasteiger partial charge in [0.1, 0.15) is 5.82 Å². The minimum Gasteiger partial charge on any atom is -0.383 e. The van der Waals surface area contributed by atoms with Gasteiger partial charge in [-0.25, -0.2) is 4.98 Å². The highest BCUT2D eigenvalue weighted by Crippen LogP contribution is 2.26. The molecule has 0 aliphatic carbocycles. The van der Waals surface area contributed by atoms with Crippen LogP contribution >= 0.6 is 0 Å². The SMILES string of the molecule is Cc1ccccc1CC(NN)c1c(C)ccnc1N. The number of nitrogen functional groups attached to an aromatic ring is 1. The minimum atomic E-state index is -0.0326. The number of hydrogen-bond acceptors (Lipinski definition) is 4. The van der Waals surface area contributed by atoms with Crippen molar-refractivity contribution in [2.75, 3.05) is 5.73 Å². The summed E-state index contributed by atoms with van der Waals surface area (Å²) in [6, 6.07) is 10.2. The Hall–Kier alpha value is -1.91. The maximum atomic E-state index is 5.98. The third-order valence-electron chi connectivity index (χ3n) is 3.47. The summed E-state index contributed by atoms with van der Waals surface area (Å²) < 4.78 is 0. The van der Waals surface area contributed by atoms with E-state index in [-0.39, 0.29) is 6.04 Å². The molecule has 4 nitrogen and oxygen atoms in total. The van der Waals surface area contributed by atoms with Crippen LogP contribution in [0.15, 0.2) is 36.5 Å². The van der Waals surface area contributed by atoms with Gasteiger partial charge in [-0.1, -0.05) is 24.3 Å². The molecule has 0 fully saturated rings.